The number of amides is 1. The van der Waals surface area contributed by atoms with Gasteiger partial charge in [-0.1, -0.05) is 18.2 Å². The summed E-state index contributed by atoms with van der Waals surface area (Å²) in [6.45, 7) is 0. The summed E-state index contributed by atoms with van der Waals surface area (Å²) in [7, 11) is -3.37. The number of carbonyl (C=O) groups excluding carboxylic acids is 1. The molecule has 2 aromatic heterocycles. The van der Waals surface area contributed by atoms with Crippen molar-refractivity contribution < 1.29 is 13.2 Å². The van der Waals surface area contributed by atoms with E-state index in [0.717, 1.165) is 27.0 Å². The molecule has 1 amide bonds. The van der Waals surface area contributed by atoms with Gasteiger partial charge in [-0.05, 0) is 41.8 Å². The lowest BCUT2D eigenvalue weighted by molar-refractivity contribution is 0.102. The molecule has 5 nitrogen and oxygen atoms in total. The maximum absolute atomic E-state index is 12.6. The summed E-state index contributed by atoms with van der Waals surface area (Å²) in [4.78, 5) is 17.4. The Morgan fingerprint density at radius 3 is 2.67 bits per heavy atom. The van der Waals surface area contributed by atoms with Gasteiger partial charge in [0.1, 0.15) is 10.0 Å². The summed E-state index contributed by atoms with van der Waals surface area (Å²) >= 11 is 2.97. The summed E-state index contributed by atoms with van der Waals surface area (Å²) in [6.07, 6.45) is 1.12. The predicted molar refractivity (Wildman–Crippen MR) is 110 cm³/mol. The second-order valence-electron chi connectivity index (χ2n) is 5.90. The number of rotatable bonds is 4. The zero-order valence-electron chi connectivity index (χ0n) is 14.2. The quantitative estimate of drug-likeness (QED) is 0.526. The molecule has 0 bridgehead atoms. The number of para-hydroxylation sites is 1. The number of carbonyl (C=O) groups is 1. The number of hydrogen-bond donors (Lipinski definition) is 1. The van der Waals surface area contributed by atoms with Gasteiger partial charge in [-0.15, -0.1) is 22.7 Å². The van der Waals surface area contributed by atoms with E-state index in [9.17, 15) is 13.2 Å². The van der Waals surface area contributed by atoms with Crippen molar-refractivity contribution >= 4 is 53.6 Å². The summed E-state index contributed by atoms with van der Waals surface area (Å²) in [5.74, 6) is -0.356. The number of aromatic nitrogens is 1. The van der Waals surface area contributed by atoms with Crippen LogP contribution < -0.4 is 5.32 Å². The highest BCUT2D eigenvalue weighted by Crippen LogP contribution is 2.37. The van der Waals surface area contributed by atoms with Crippen molar-refractivity contribution in [2.45, 2.75) is 4.90 Å². The van der Waals surface area contributed by atoms with Gasteiger partial charge in [0.2, 0.25) is 0 Å². The van der Waals surface area contributed by atoms with Crippen LogP contribution in [0.5, 0.6) is 0 Å². The molecule has 4 aromatic rings. The van der Waals surface area contributed by atoms with Crippen LogP contribution in [0, 0.1) is 0 Å². The predicted octanol–water partition coefficient (Wildman–Crippen LogP) is 4.68. The molecule has 0 spiro atoms. The van der Waals surface area contributed by atoms with Crippen molar-refractivity contribution in [1.82, 2.24) is 4.98 Å². The first-order valence-corrected chi connectivity index (χ1v) is 11.6. The van der Waals surface area contributed by atoms with E-state index < -0.39 is 9.84 Å². The van der Waals surface area contributed by atoms with E-state index in [2.05, 4.69) is 10.3 Å². The molecule has 0 aliphatic rings. The highest BCUT2D eigenvalue weighted by molar-refractivity contribution is 7.90. The van der Waals surface area contributed by atoms with E-state index in [-0.39, 0.29) is 10.8 Å². The molecule has 2 aromatic carbocycles. The fraction of sp³-hybridized carbons (Fsp3) is 0.0526. The third-order valence-electron chi connectivity index (χ3n) is 3.94. The topological polar surface area (TPSA) is 76.1 Å². The minimum atomic E-state index is -3.37. The molecule has 0 aliphatic carbocycles. The molecule has 1 N–H and O–H groups in total. The molecule has 0 unspecified atom stereocenters. The van der Waals surface area contributed by atoms with Crippen LogP contribution in [0.3, 0.4) is 0 Å². The number of thiophene rings is 1. The molecular weight excluding hydrogens is 400 g/mol. The Balaban J connectivity index is 1.65. The van der Waals surface area contributed by atoms with Gasteiger partial charge in [0, 0.05) is 17.4 Å². The fourth-order valence-corrected chi connectivity index (χ4v) is 5.12. The van der Waals surface area contributed by atoms with E-state index in [1.54, 1.807) is 23.5 Å². The summed E-state index contributed by atoms with van der Waals surface area (Å²) in [6, 6.07) is 15.8. The molecule has 0 atom stereocenters. The Kier molecular flexibility index (Phi) is 4.55. The van der Waals surface area contributed by atoms with Crippen molar-refractivity contribution in [3.05, 3.63) is 65.5 Å². The molecule has 136 valence electrons. The second-order valence-corrected chi connectivity index (χ2v) is 9.87. The van der Waals surface area contributed by atoms with Gasteiger partial charge in [-0.2, -0.15) is 0 Å². The molecule has 0 saturated carbocycles. The molecule has 4 rings (SSSR count). The third-order valence-corrected chi connectivity index (χ3v) is 6.95. The van der Waals surface area contributed by atoms with Crippen LogP contribution in [0.2, 0.25) is 0 Å². The van der Waals surface area contributed by atoms with Crippen LogP contribution in [-0.4, -0.2) is 25.6 Å². The SMILES string of the molecule is CS(=O)(=O)c1cccc(C(=O)Nc2sccc2-c2nc3ccccc3s2)c1. The first-order chi connectivity index (χ1) is 12.9. The second kappa shape index (κ2) is 6.88. The number of hydrogen-bond acceptors (Lipinski definition) is 6. The minimum absolute atomic E-state index is 0.118. The van der Waals surface area contributed by atoms with Gasteiger partial charge < -0.3 is 5.32 Å². The Bertz CT molecular complexity index is 1220. The standard InChI is InChI=1S/C19H14N2O3S3/c1-27(23,24)13-6-4-5-12(11-13)17(22)21-18-14(9-10-25-18)19-20-15-7-2-3-8-16(15)26-19/h2-11H,1H3,(H,21,22). The number of nitrogens with zero attached hydrogens (tertiary/aromatic N) is 1. The molecule has 0 radical (unpaired) electrons. The van der Waals surface area contributed by atoms with Crippen molar-refractivity contribution in [2.75, 3.05) is 11.6 Å². The third kappa shape index (κ3) is 3.64. The van der Waals surface area contributed by atoms with Gasteiger partial charge in [-0.25, -0.2) is 13.4 Å². The van der Waals surface area contributed by atoms with Gasteiger partial charge >= 0.3 is 0 Å². The van der Waals surface area contributed by atoms with Crippen molar-refractivity contribution in [3.8, 4) is 10.6 Å². The Labute approximate surface area is 164 Å². The number of anilines is 1. The minimum Gasteiger partial charge on any atom is -0.313 e. The average Bonchev–Trinajstić information content (AvgIpc) is 3.27. The van der Waals surface area contributed by atoms with Crippen LogP contribution in [0.25, 0.3) is 20.8 Å². The molecule has 2 heterocycles. The molecule has 0 aliphatic heterocycles. The lowest BCUT2D eigenvalue weighted by Crippen LogP contribution is -2.12. The van der Waals surface area contributed by atoms with Crippen molar-refractivity contribution in [2.24, 2.45) is 0 Å². The Morgan fingerprint density at radius 1 is 1.07 bits per heavy atom. The number of sulfone groups is 1. The van der Waals surface area contributed by atoms with E-state index in [1.807, 2.05) is 35.7 Å². The molecule has 0 fully saturated rings. The molecule has 8 heteroatoms. The fourth-order valence-electron chi connectivity index (χ4n) is 2.61. The summed E-state index contributed by atoms with van der Waals surface area (Å²) in [5.41, 5.74) is 2.07. The lowest BCUT2D eigenvalue weighted by atomic mass is 10.2. The van der Waals surface area contributed by atoms with Crippen molar-refractivity contribution in [3.63, 3.8) is 0 Å². The largest absolute Gasteiger partial charge is 0.313 e. The van der Waals surface area contributed by atoms with Crippen LogP contribution in [-0.2, 0) is 9.84 Å². The van der Waals surface area contributed by atoms with Crippen LogP contribution >= 0.6 is 22.7 Å². The van der Waals surface area contributed by atoms with Crippen LogP contribution in [0.15, 0.2) is 64.9 Å². The average molecular weight is 415 g/mol. The van der Waals surface area contributed by atoms with Crippen molar-refractivity contribution in [1.29, 1.82) is 0 Å². The highest BCUT2D eigenvalue weighted by atomic mass is 32.2. The molecular formula is C19H14N2O3S3. The summed E-state index contributed by atoms with van der Waals surface area (Å²) < 4.78 is 24.5. The van der Waals surface area contributed by atoms with Gasteiger partial charge in [0.05, 0.1) is 15.1 Å². The van der Waals surface area contributed by atoms with E-state index in [4.69, 9.17) is 0 Å². The number of fused-ring (bicyclic) bond motifs is 1. The van der Waals surface area contributed by atoms with Gasteiger partial charge in [0.25, 0.3) is 5.91 Å². The number of nitrogens with one attached hydrogen (secondary N) is 1. The number of benzene rings is 2. The first-order valence-electron chi connectivity index (χ1n) is 7.97. The summed E-state index contributed by atoms with van der Waals surface area (Å²) in [5, 5.41) is 6.29. The maximum atomic E-state index is 12.6. The van der Waals surface area contributed by atoms with Gasteiger partial charge in [-0.3, -0.25) is 4.79 Å². The lowest BCUT2D eigenvalue weighted by Gasteiger charge is -2.06. The van der Waals surface area contributed by atoms with Crippen LogP contribution in [0.1, 0.15) is 10.4 Å². The number of thiazole rings is 1. The molecule has 27 heavy (non-hydrogen) atoms. The van der Waals surface area contributed by atoms with Gasteiger partial charge in [0.15, 0.2) is 9.84 Å². The Morgan fingerprint density at radius 2 is 1.89 bits per heavy atom. The monoisotopic (exact) mass is 414 g/mol. The smallest absolute Gasteiger partial charge is 0.256 e. The van der Waals surface area contributed by atoms with E-state index in [0.29, 0.717) is 10.6 Å². The highest BCUT2D eigenvalue weighted by Gasteiger charge is 2.16. The van der Waals surface area contributed by atoms with E-state index >= 15 is 0 Å². The normalized spacial score (nSPS) is 11.6. The zero-order chi connectivity index (χ0) is 19.0. The molecule has 0 saturated heterocycles. The van der Waals surface area contributed by atoms with E-state index in [1.165, 1.54) is 23.5 Å². The van der Waals surface area contributed by atoms with Crippen LogP contribution in [0.4, 0.5) is 5.00 Å². The Hall–Kier alpha value is -2.55. The zero-order valence-corrected chi connectivity index (χ0v) is 16.6. The maximum Gasteiger partial charge on any atom is 0.256 e. The first kappa shape index (κ1) is 17.8.